The van der Waals surface area contributed by atoms with Crippen molar-refractivity contribution in [3.05, 3.63) is 23.2 Å². The van der Waals surface area contributed by atoms with Crippen LogP contribution in [0.2, 0.25) is 0 Å². The van der Waals surface area contributed by atoms with Gasteiger partial charge in [-0.25, -0.2) is 17.5 Å². The third-order valence-electron chi connectivity index (χ3n) is 3.77. The lowest BCUT2D eigenvalue weighted by Crippen LogP contribution is -2.49. The molecule has 1 aliphatic heterocycles. The molecule has 8 nitrogen and oxygen atoms in total. The van der Waals surface area contributed by atoms with E-state index in [0.717, 1.165) is 6.26 Å². The van der Waals surface area contributed by atoms with E-state index in [1.807, 2.05) is 0 Å². The van der Waals surface area contributed by atoms with Gasteiger partial charge in [-0.1, -0.05) is 6.92 Å². The van der Waals surface area contributed by atoms with Crippen molar-refractivity contribution < 1.29 is 27.5 Å². The first-order valence-corrected chi connectivity index (χ1v) is 9.19. The molecule has 1 unspecified atom stereocenters. The van der Waals surface area contributed by atoms with E-state index in [-0.39, 0.29) is 29.7 Å². The van der Waals surface area contributed by atoms with Crippen molar-refractivity contribution >= 4 is 21.9 Å². The van der Waals surface area contributed by atoms with Crippen LogP contribution in [0.25, 0.3) is 0 Å². The molecular formula is C14H20N2O6S. The van der Waals surface area contributed by atoms with E-state index in [4.69, 9.17) is 9.52 Å². The fraction of sp³-hybridized carbons (Fsp3) is 0.571. The van der Waals surface area contributed by atoms with Gasteiger partial charge in [0.25, 0.3) is 5.91 Å². The number of nitrogens with one attached hydrogen (secondary N) is 1. The van der Waals surface area contributed by atoms with E-state index < -0.39 is 21.9 Å². The summed E-state index contributed by atoms with van der Waals surface area (Å²) in [6.07, 6.45) is 2.80. The zero-order chi connectivity index (χ0) is 17.2. The van der Waals surface area contributed by atoms with Gasteiger partial charge in [0.15, 0.2) is 5.76 Å². The minimum atomic E-state index is -3.30. The fourth-order valence-corrected chi connectivity index (χ4v) is 3.51. The number of carboxylic acid groups (broad SMARTS) is 1. The van der Waals surface area contributed by atoms with Gasteiger partial charge in [0, 0.05) is 31.6 Å². The molecule has 1 saturated heterocycles. The van der Waals surface area contributed by atoms with Crippen molar-refractivity contribution in [3.63, 3.8) is 0 Å². The maximum Gasteiger partial charge on any atom is 0.339 e. The number of aryl methyl sites for hydroxylation is 1. The topological polar surface area (TPSA) is 117 Å². The quantitative estimate of drug-likeness (QED) is 0.812. The zero-order valence-electron chi connectivity index (χ0n) is 13.0. The van der Waals surface area contributed by atoms with Crippen molar-refractivity contribution in [3.8, 4) is 0 Å². The first-order chi connectivity index (χ1) is 10.7. The van der Waals surface area contributed by atoms with Crippen LogP contribution in [-0.2, 0) is 16.4 Å². The maximum absolute atomic E-state index is 12.2. The monoisotopic (exact) mass is 344 g/mol. The summed E-state index contributed by atoms with van der Waals surface area (Å²) in [6, 6.07) is 0.877. The van der Waals surface area contributed by atoms with Gasteiger partial charge in [0.2, 0.25) is 10.0 Å². The predicted octanol–water partition coefficient (Wildman–Crippen LogP) is 0.694. The van der Waals surface area contributed by atoms with Gasteiger partial charge in [0.05, 0.1) is 6.26 Å². The minimum absolute atomic E-state index is 0.0287. The van der Waals surface area contributed by atoms with Crippen LogP contribution in [0.15, 0.2) is 10.5 Å². The normalized spacial score (nSPS) is 19.5. The van der Waals surface area contributed by atoms with Crippen LogP contribution in [-0.4, -0.2) is 55.1 Å². The molecule has 1 aromatic heterocycles. The molecule has 0 saturated carbocycles. The second-order valence-electron chi connectivity index (χ2n) is 5.54. The van der Waals surface area contributed by atoms with Crippen LogP contribution in [0.3, 0.4) is 0 Å². The summed E-state index contributed by atoms with van der Waals surface area (Å²) >= 11 is 0. The van der Waals surface area contributed by atoms with E-state index in [2.05, 4.69) is 5.32 Å². The molecule has 0 aliphatic carbocycles. The van der Waals surface area contributed by atoms with Gasteiger partial charge in [-0.2, -0.15) is 0 Å². The van der Waals surface area contributed by atoms with Gasteiger partial charge < -0.3 is 14.8 Å². The van der Waals surface area contributed by atoms with Gasteiger partial charge in [-0.05, 0) is 12.8 Å². The molecular weight excluding hydrogens is 324 g/mol. The van der Waals surface area contributed by atoms with E-state index in [0.29, 0.717) is 25.8 Å². The highest BCUT2D eigenvalue weighted by atomic mass is 32.2. The Bertz CT molecular complexity index is 709. The number of carbonyl (C=O) groups excluding carboxylic acids is 1. The Morgan fingerprint density at radius 1 is 1.48 bits per heavy atom. The lowest BCUT2D eigenvalue weighted by molar-refractivity contribution is 0.0694. The van der Waals surface area contributed by atoms with Crippen LogP contribution in [0, 0.1) is 0 Å². The summed E-state index contributed by atoms with van der Waals surface area (Å²) in [7, 11) is -3.30. The van der Waals surface area contributed by atoms with Gasteiger partial charge >= 0.3 is 5.97 Å². The summed E-state index contributed by atoms with van der Waals surface area (Å²) in [6.45, 7) is 2.38. The average molecular weight is 344 g/mol. The number of nitrogens with zero attached hydrogens (tertiary/aromatic N) is 1. The molecule has 0 aromatic carbocycles. The molecule has 1 amide bonds. The number of sulfonamides is 1. The van der Waals surface area contributed by atoms with Crippen molar-refractivity contribution in [1.29, 1.82) is 0 Å². The summed E-state index contributed by atoms with van der Waals surface area (Å²) in [5, 5.41) is 11.8. The number of carbonyl (C=O) groups is 2. The Labute approximate surface area is 134 Å². The zero-order valence-corrected chi connectivity index (χ0v) is 13.9. The highest BCUT2D eigenvalue weighted by Gasteiger charge is 2.28. The molecule has 2 heterocycles. The molecule has 1 fully saturated rings. The predicted molar refractivity (Wildman–Crippen MR) is 82.0 cm³/mol. The molecule has 1 aromatic rings. The number of carboxylic acids is 1. The van der Waals surface area contributed by atoms with Crippen LogP contribution in [0.1, 0.15) is 46.4 Å². The molecule has 0 bridgehead atoms. The largest absolute Gasteiger partial charge is 0.478 e. The number of hydrogen-bond donors (Lipinski definition) is 2. The van der Waals surface area contributed by atoms with Gasteiger partial charge in [-0.3, -0.25) is 4.79 Å². The van der Waals surface area contributed by atoms with Crippen LogP contribution in [0.4, 0.5) is 0 Å². The van der Waals surface area contributed by atoms with E-state index in [1.165, 1.54) is 10.4 Å². The smallest absolute Gasteiger partial charge is 0.339 e. The molecule has 9 heteroatoms. The first-order valence-electron chi connectivity index (χ1n) is 7.34. The summed E-state index contributed by atoms with van der Waals surface area (Å²) < 4.78 is 29.8. The van der Waals surface area contributed by atoms with Crippen LogP contribution >= 0.6 is 0 Å². The third-order valence-corrected chi connectivity index (χ3v) is 5.04. The lowest BCUT2D eigenvalue weighted by Gasteiger charge is -2.31. The summed E-state index contributed by atoms with van der Waals surface area (Å²) in [5.41, 5.74) is -0.0287. The lowest BCUT2D eigenvalue weighted by atomic mass is 10.1. The molecule has 0 radical (unpaired) electrons. The Balaban J connectivity index is 2.08. The van der Waals surface area contributed by atoms with Crippen molar-refractivity contribution in [1.82, 2.24) is 9.62 Å². The number of aromatic carboxylic acids is 1. The van der Waals surface area contributed by atoms with Crippen LogP contribution < -0.4 is 5.32 Å². The van der Waals surface area contributed by atoms with E-state index in [1.54, 1.807) is 6.92 Å². The number of hydrogen-bond acceptors (Lipinski definition) is 5. The summed E-state index contributed by atoms with van der Waals surface area (Å²) in [5.74, 6) is -1.52. The number of furan rings is 1. The second-order valence-corrected chi connectivity index (χ2v) is 7.52. The average Bonchev–Trinajstić information content (AvgIpc) is 2.91. The van der Waals surface area contributed by atoms with Gasteiger partial charge in [0.1, 0.15) is 11.3 Å². The number of piperidine rings is 1. The second kappa shape index (κ2) is 6.71. The van der Waals surface area contributed by atoms with Gasteiger partial charge in [-0.15, -0.1) is 0 Å². The minimum Gasteiger partial charge on any atom is -0.478 e. The van der Waals surface area contributed by atoms with Crippen LogP contribution in [0.5, 0.6) is 0 Å². The van der Waals surface area contributed by atoms with Crippen molar-refractivity contribution in [2.24, 2.45) is 0 Å². The molecule has 2 N–H and O–H groups in total. The molecule has 128 valence electrons. The molecule has 0 spiro atoms. The van der Waals surface area contributed by atoms with Crippen molar-refractivity contribution in [2.75, 3.05) is 19.3 Å². The highest BCUT2D eigenvalue weighted by Crippen LogP contribution is 2.18. The first kappa shape index (κ1) is 17.5. The third kappa shape index (κ3) is 4.11. The molecule has 2 rings (SSSR count). The Kier molecular flexibility index (Phi) is 5.10. The Hall–Kier alpha value is -1.87. The standard InChI is InChI=1S/C14H20N2O6S/c1-3-11-10(14(18)19)7-12(22-11)13(17)15-9-5-4-6-16(8-9)23(2,20)21/h7,9H,3-6,8H2,1-2H3,(H,15,17)(H,18,19). The molecule has 23 heavy (non-hydrogen) atoms. The summed E-state index contributed by atoms with van der Waals surface area (Å²) in [4.78, 5) is 23.3. The number of rotatable bonds is 5. The number of amides is 1. The molecule has 1 atom stereocenters. The van der Waals surface area contributed by atoms with Crippen molar-refractivity contribution in [2.45, 2.75) is 32.2 Å². The maximum atomic E-state index is 12.2. The van der Waals surface area contributed by atoms with E-state index >= 15 is 0 Å². The fourth-order valence-electron chi connectivity index (χ4n) is 2.60. The Morgan fingerprint density at radius 3 is 2.70 bits per heavy atom. The Morgan fingerprint density at radius 2 is 2.17 bits per heavy atom. The van der Waals surface area contributed by atoms with E-state index in [9.17, 15) is 18.0 Å². The highest BCUT2D eigenvalue weighted by molar-refractivity contribution is 7.88. The molecule has 1 aliphatic rings. The SMILES string of the molecule is CCc1oc(C(=O)NC2CCCN(S(C)(=O)=O)C2)cc1C(=O)O.